The largest absolute Gasteiger partial charge is 0.497 e. The molecular weight excluding hydrogens is 242 g/mol. The molecule has 0 radical (unpaired) electrons. The normalized spacial score (nSPS) is 18.1. The van der Waals surface area contributed by atoms with E-state index < -0.39 is 0 Å². The summed E-state index contributed by atoms with van der Waals surface area (Å²) >= 11 is 0. The van der Waals surface area contributed by atoms with E-state index in [0.29, 0.717) is 19.3 Å². The van der Waals surface area contributed by atoms with Crippen LogP contribution in [0.2, 0.25) is 0 Å². The number of nitrogens with one attached hydrogen (secondary N) is 1. The Morgan fingerprint density at radius 2 is 2.26 bits per heavy atom. The highest BCUT2D eigenvalue weighted by Crippen LogP contribution is 2.31. The summed E-state index contributed by atoms with van der Waals surface area (Å²) in [6.45, 7) is 1.96. The molecule has 0 fully saturated rings. The lowest BCUT2D eigenvalue weighted by atomic mass is 9.87. The monoisotopic (exact) mass is 265 g/mol. The van der Waals surface area contributed by atoms with Crippen LogP contribution in [0.25, 0.3) is 0 Å². The van der Waals surface area contributed by atoms with Gasteiger partial charge in [-0.15, -0.1) is 0 Å². The predicted octanol–water partition coefficient (Wildman–Crippen LogP) is 1.67. The van der Waals surface area contributed by atoms with Crippen LogP contribution in [0.4, 0.5) is 0 Å². The summed E-state index contributed by atoms with van der Waals surface area (Å²) in [7, 11) is 1.71. The van der Waals surface area contributed by atoms with Crippen LogP contribution in [0, 0.1) is 0 Å². The maximum Gasteiger partial charge on any atom is 0.119 e. The van der Waals surface area contributed by atoms with Gasteiger partial charge in [0.1, 0.15) is 5.75 Å². The number of aryl methyl sites for hydroxylation is 1. The number of methoxy groups -OCH3 is 1. The Balaban J connectivity index is 1.90. The van der Waals surface area contributed by atoms with Crippen LogP contribution in [0.3, 0.4) is 0 Å². The molecule has 4 heteroatoms. The Hall–Kier alpha value is -1.10. The van der Waals surface area contributed by atoms with Crippen LogP contribution in [0.1, 0.15) is 30.0 Å². The van der Waals surface area contributed by atoms with E-state index >= 15 is 0 Å². The lowest BCUT2D eigenvalue weighted by Gasteiger charge is -2.27. The summed E-state index contributed by atoms with van der Waals surface area (Å²) in [4.78, 5) is 0. The van der Waals surface area contributed by atoms with Crippen molar-refractivity contribution in [3.05, 3.63) is 29.3 Å². The van der Waals surface area contributed by atoms with E-state index in [1.54, 1.807) is 7.11 Å². The van der Waals surface area contributed by atoms with E-state index in [4.69, 9.17) is 14.6 Å². The summed E-state index contributed by atoms with van der Waals surface area (Å²) in [6, 6.07) is 6.75. The fourth-order valence-corrected chi connectivity index (χ4v) is 2.60. The third-order valence-corrected chi connectivity index (χ3v) is 3.54. The van der Waals surface area contributed by atoms with Crippen molar-refractivity contribution in [3.63, 3.8) is 0 Å². The second-order valence-corrected chi connectivity index (χ2v) is 4.80. The first-order valence-corrected chi connectivity index (χ1v) is 6.94. The fourth-order valence-electron chi connectivity index (χ4n) is 2.60. The minimum atomic E-state index is 0.0893. The maximum atomic E-state index is 8.64. The first kappa shape index (κ1) is 14.3. The van der Waals surface area contributed by atoms with E-state index in [9.17, 15) is 0 Å². The third-order valence-electron chi connectivity index (χ3n) is 3.54. The van der Waals surface area contributed by atoms with Crippen molar-refractivity contribution in [2.24, 2.45) is 0 Å². The van der Waals surface area contributed by atoms with Crippen molar-refractivity contribution >= 4 is 0 Å². The Bertz CT molecular complexity index is 395. The minimum absolute atomic E-state index is 0.0893. The topological polar surface area (TPSA) is 50.7 Å². The highest BCUT2D eigenvalue weighted by Gasteiger charge is 2.19. The third kappa shape index (κ3) is 3.93. The number of ether oxygens (including phenoxy) is 2. The zero-order valence-corrected chi connectivity index (χ0v) is 11.5. The zero-order chi connectivity index (χ0) is 13.5. The summed E-state index contributed by atoms with van der Waals surface area (Å²) in [5.74, 6) is 0.936. The Kier molecular flexibility index (Phi) is 5.63. The molecule has 1 unspecified atom stereocenters. The van der Waals surface area contributed by atoms with Crippen molar-refractivity contribution in [3.8, 4) is 5.75 Å². The molecule has 19 heavy (non-hydrogen) atoms. The van der Waals surface area contributed by atoms with Crippen LogP contribution in [0.5, 0.6) is 5.75 Å². The van der Waals surface area contributed by atoms with Crippen molar-refractivity contribution in [1.29, 1.82) is 0 Å². The van der Waals surface area contributed by atoms with E-state index in [1.807, 2.05) is 6.07 Å². The van der Waals surface area contributed by atoms with Gasteiger partial charge in [0.25, 0.3) is 0 Å². The molecule has 0 bridgehead atoms. The lowest BCUT2D eigenvalue weighted by molar-refractivity contribution is 0.0922. The van der Waals surface area contributed by atoms with Gasteiger partial charge in [-0.2, -0.15) is 0 Å². The molecule has 0 aromatic heterocycles. The van der Waals surface area contributed by atoms with Gasteiger partial charge in [-0.05, 0) is 42.5 Å². The molecule has 1 aliphatic carbocycles. The summed E-state index contributed by atoms with van der Waals surface area (Å²) in [5.41, 5.74) is 2.77. The van der Waals surface area contributed by atoms with Crippen molar-refractivity contribution in [2.45, 2.75) is 25.3 Å². The van der Waals surface area contributed by atoms with Crippen molar-refractivity contribution in [1.82, 2.24) is 5.32 Å². The van der Waals surface area contributed by atoms with Gasteiger partial charge >= 0.3 is 0 Å². The van der Waals surface area contributed by atoms with Gasteiger partial charge in [0, 0.05) is 12.6 Å². The van der Waals surface area contributed by atoms with E-state index in [1.165, 1.54) is 24.0 Å². The van der Waals surface area contributed by atoms with Gasteiger partial charge < -0.3 is 19.9 Å². The van der Waals surface area contributed by atoms with Crippen LogP contribution >= 0.6 is 0 Å². The van der Waals surface area contributed by atoms with Gasteiger partial charge in [0.2, 0.25) is 0 Å². The molecule has 1 atom stereocenters. The number of aliphatic hydroxyl groups excluding tert-OH is 1. The highest BCUT2D eigenvalue weighted by atomic mass is 16.5. The second kappa shape index (κ2) is 7.48. The zero-order valence-electron chi connectivity index (χ0n) is 11.5. The summed E-state index contributed by atoms with van der Waals surface area (Å²) < 4.78 is 10.5. The summed E-state index contributed by atoms with van der Waals surface area (Å²) in [5, 5.41) is 12.2. The van der Waals surface area contributed by atoms with Crippen molar-refractivity contribution in [2.75, 3.05) is 33.5 Å². The van der Waals surface area contributed by atoms with Crippen LogP contribution in [-0.2, 0) is 11.2 Å². The lowest BCUT2D eigenvalue weighted by Crippen LogP contribution is -2.28. The molecule has 106 valence electrons. The molecule has 0 amide bonds. The number of hydrogen-bond donors (Lipinski definition) is 2. The van der Waals surface area contributed by atoms with Crippen LogP contribution < -0.4 is 10.1 Å². The predicted molar refractivity (Wildman–Crippen MR) is 74.6 cm³/mol. The molecule has 0 saturated carbocycles. The number of aliphatic hydroxyl groups is 1. The van der Waals surface area contributed by atoms with Gasteiger partial charge in [-0.25, -0.2) is 0 Å². The van der Waals surface area contributed by atoms with Gasteiger partial charge in [0.05, 0.1) is 26.9 Å². The Morgan fingerprint density at radius 3 is 3.05 bits per heavy atom. The highest BCUT2D eigenvalue weighted by molar-refractivity contribution is 5.39. The molecule has 2 rings (SSSR count). The number of rotatable bonds is 7. The van der Waals surface area contributed by atoms with E-state index in [-0.39, 0.29) is 6.61 Å². The Morgan fingerprint density at radius 1 is 1.37 bits per heavy atom. The molecule has 1 aliphatic rings. The second-order valence-electron chi connectivity index (χ2n) is 4.80. The maximum absolute atomic E-state index is 8.64. The smallest absolute Gasteiger partial charge is 0.119 e. The first-order chi connectivity index (χ1) is 9.35. The average Bonchev–Trinajstić information content (AvgIpc) is 2.46. The molecule has 4 nitrogen and oxygen atoms in total. The van der Waals surface area contributed by atoms with Crippen LogP contribution in [-0.4, -0.2) is 38.6 Å². The Labute approximate surface area is 114 Å². The van der Waals surface area contributed by atoms with Gasteiger partial charge in [0.15, 0.2) is 0 Å². The molecular formula is C15H23NO3. The average molecular weight is 265 g/mol. The molecule has 2 N–H and O–H groups in total. The van der Waals surface area contributed by atoms with Crippen LogP contribution in [0.15, 0.2) is 18.2 Å². The quantitative estimate of drug-likeness (QED) is 0.736. The van der Waals surface area contributed by atoms with Gasteiger partial charge in [-0.3, -0.25) is 0 Å². The molecule has 1 aromatic rings. The standard InChI is InChI=1S/C15H23NO3/c1-18-13-5-6-14-12(11-13)3-2-4-15(14)16-7-9-19-10-8-17/h5-6,11,15-17H,2-4,7-10H2,1H3. The first-order valence-electron chi connectivity index (χ1n) is 6.94. The number of fused-ring (bicyclic) bond motifs is 1. The van der Waals surface area contributed by atoms with E-state index in [2.05, 4.69) is 17.4 Å². The number of hydrogen-bond acceptors (Lipinski definition) is 4. The molecule has 0 aliphatic heterocycles. The SMILES string of the molecule is COc1ccc2c(c1)CCCC2NCCOCCO. The molecule has 0 saturated heterocycles. The van der Waals surface area contributed by atoms with Crippen molar-refractivity contribution < 1.29 is 14.6 Å². The summed E-state index contributed by atoms with van der Waals surface area (Å²) in [6.07, 6.45) is 3.50. The minimum Gasteiger partial charge on any atom is -0.497 e. The molecule has 0 heterocycles. The molecule has 1 aromatic carbocycles. The molecule has 0 spiro atoms. The van der Waals surface area contributed by atoms with Gasteiger partial charge in [-0.1, -0.05) is 6.07 Å². The van der Waals surface area contributed by atoms with E-state index in [0.717, 1.165) is 18.7 Å². The number of benzene rings is 1. The fraction of sp³-hybridized carbons (Fsp3) is 0.600.